The van der Waals surface area contributed by atoms with Crippen LogP contribution in [0.4, 0.5) is 11.4 Å². The minimum absolute atomic E-state index is 0.0482. The van der Waals surface area contributed by atoms with E-state index >= 15 is 0 Å². The zero-order valence-corrected chi connectivity index (χ0v) is 17.5. The molecule has 160 valence electrons. The Kier molecular flexibility index (Phi) is 9.37. The lowest BCUT2D eigenvalue weighted by Gasteiger charge is -2.10. The summed E-state index contributed by atoms with van der Waals surface area (Å²) in [5, 5.41) is 8.63. The fourth-order valence-corrected chi connectivity index (χ4v) is 2.61. The van der Waals surface area contributed by atoms with Crippen LogP contribution in [0.5, 0.6) is 0 Å². The molecule has 0 unspecified atom stereocenters. The monoisotopic (exact) mass is 411 g/mol. The highest BCUT2D eigenvalue weighted by Gasteiger charge is 2.09. The second-order valence-electron chi connectivity index (χ2n) is 6.81. The van der Waals surface area contributed by atoms with Gasteiger partial charge in [-0.2, -0.15) is 0 Å². The van der Waals surface area contributed by atoms with Gasteiger partial charge in [0.25, 0.3) is 5.91 Å². The Labute approximate surface area is 177 Å². The van der Waals surface area contributed by atoms with Crippen molar-refractivity contribution in [2.75, 3.05) is 30.3 Å². The first-order valence-corrected chi connectivity index (χ1v) is 10.2. The maximum absolute atomic E-state index is 12.2. The number of benzene rings is 2. The Morgan fingerprint density at radius 2 is 1.67 bits per heavy atom. The van der Waals surface area contributed by atoms with E-state index in [0.717, 1.165) is 19.3 Å². The lowest BCUT2D eigenvalue weighted by molar-refractivity contribution is -0.114. The molecule has 0 bridgehead atoms. The van der Waals surface area contributed by atoms with Crippen LogP contribution in [0.1, 0.15) is 53.8 Å². The molecular formula is C23H29N3O4. The third-order valence-electron chi connectivity index (χ3n) is 4.24. The summed E-state index contributed by atoms with van der Waals surface area (Å²) < 4.78 is 5.08. The normalized spacial score (nSPS) is 10.2. The van der Waals surface area contributed by atoms with E-state index in [1.807, 2.05) is 6.92 Å². The zero-order chi connectivity index (χ0) is 21.8. The molecule has 0 saturated carbocycles. The van der Waals surface area contributed by atoms with Crippen LogP contribution in [0.3, 0.4) is 0 Å². The SMILES string of the molecule is CCCCNC(=O)c1cccc(NC(=O)CNc2ccc(C(=O)OCCC)cc2)c1. The van der Waals surface area contributed by atoms with E-state index in [-0.39, 0.29) is 24.3 Å². The van der Waals surface area contributed by atoms with Crippen LogP contribution in [0.15, 0.2) is 48.5 Å². The Morgan fingerprint density at radius 1 is 0.900 bits per heavy atom. The average molecular weight is 412 g/mol. The quantitative estimate of drug-likeness (QED) is 0.386. The third kappa shape index (κ3) is 7.58. The minimum atomic E-state index is -0.361. The van der Waals surface area contributed by atoms with Crippen LogP contribution in [0, 0.1) is 0 Å². The smallest absolute Gasteiger partial charge is 0.338 e. The van der Waals surface area contributed by atoms with Crippen molar-refractivity contribution < 1.29 is 19.1 Å². The number of rotatable bonds is 11. The van der Waals surface area contributed by atoms with Gasteiger partial charge in [0.1, 0.15) is 0 Å². The Bertz CT molecular complexity index is 850. The van der Waals surface area contributed by atoms with E-state index in [1.165, 1.54) is 0 Å². The van der Waals surface area contributed by atoms with Crippen LogP contribution >= 0.6 is 0 Å². The molecule has 2 aromatic rings. The number of anilines is 2. The topological polar surface area (TPSA) is 96.5 Å². The van der Waals surface area contributed by atoms with Gasteiger partial charge in [0.2, 0.25) is 5.91 Å². The van der Waals surface area contributed by atoms with Gasteiger partial charge in [0, 0.05) is 23.5 Å². The number of hydrogen-bond donors (Lipinski definition) is 3. The molecule has 2 aromatic carbocycles. The second kappa shape index (κ2) is 12.3. The summed E-state index contributed by atoms with van der Waals surface area (Å²) >= 11 is 0. The lowest BCUT2D eigenvalue weighted by Crippen LogP contribution is -2.25. The summed E-state index contributed by atoms with van der Waals surface area (Å²) in [5.41, 5.74) is 2.23. The summed E-state index contributed by atoms with van der Waals surface area (Å²) in [6.45, 7) is 5.06. The molecule has 0 radical (unpaired) electrons. The van der Waals surface area contributed by atoms with Gasteiger partial charge in [0.05, 0.1) is 18.7 Å². The standard InChI is InChI=1S/C23H29N3O4/c1-3-5-13-24-22(28)18-7-6-8-20(15-18)26-21(27)16-25-19-11-9-17(10-12-19)23(29)30-14-4-2/h6-12,15,25H,3-5,13-14,16H2,1-2H3,(H,24,28)(H,26,27). The second-order valence-corrected chi connectivity index (χ2v) is 6.81. The van der Waals surface area contributed by atoms with E-state index in [4.69, 9.17) is 4.74 Å². The highest BCUT2D eigenvalue weighted by molar-refractivity contribution is 5.98. The largest absolute Gasteiger partial charge is 0.462 e. The Morgan fingerprint density at radius 3 is 2.37 bits per heavy atom. The van der Waals surface area contributed by atoms with Crippen molar-refractivity contribution in [2.24, 2.45) is 0 Å². The molecule has 2 amide bonds. The number of carbonyl (C=O) groups is 3. The first kappa shape index (κ1) is 22.9. The summed E-state index contributed by atoms with van der Waals surface area (Å²) in [5.74, 6) is -0.764. The van der Waals surface area contributed by atoms with Crippen molar-refractivity contribution >= 4 is 29.2 Å². The number of hydrogen-bond acceptors (Lipinski definition) is 5. The predicted molar refractivity (Wildman–Crippen MR) is 118 cm³/mol. The van der Waals surface area contributed by atoms with Crippen LogP contribution in [-0.2, 0) is 9.53 Å². The number of amides is 2. The predicted octanol–water partition coefficient (Wildman–Crippen LogP) is 3.83. The van der Waals surface area contributed by atoms with Crippen molar-refractivity contribution in [2.45, 2.75) is 33.1 Å². The Balaban J connectivity index is 1.84. The molecule has 0 spiro atoms. The number of nitrogens with one attached hydrogen (secondary N) is 3. The molecule has 7 heteroatoms. The molecule has 0 saturated heterocycles. The molecule has 2 rings (SSSR count). The van der Waals surface area contributed by atoms with Crippen molar-refractivity contribution in [3.05, 3.63) is 59.7 Å². The van der Waals surface area contributed by atoms with Gasteiger partial charge >= 0.3 is 5.97 Å². The summed E-state index contributed by atoms with van der Waals surface area (Å²) in [7, 11) is 0. The number of carbonyl (C=O) groups excluding carboxylic acids is 3. The Hall–Kier alpha value is -3.35. The van der Waals surface area contributed by atoms with Crippen molar-refractivity contribution in [1.29, 1.82) is 0 Å². The molecule has 0 heterocycles. The molecule has 30 heavy (non-hydrogen) atoms. The van der Waals surface area contributed by atoms with Gasteiger partial charge in [-0.25, -0.2) is 4.79 Å². The summed E-state index contributed by atoms with van der Waals surface area (Å²) in [4.78, 5) is 36.2. The summed E-state index contributed by atoms with van der Waals surface area (Å²) in [6.07, 6.45) is 2.71. The first-order valence-electron chi connectivity index (χ1n) is 10.2. The van der Waals surface area contributed by atoms with Crippen molar-refractivity contribution in [3.63, 3.8) is 0 Å². The van der Waals surface area contributed by atoms with Gasteiger partial charge in [0.15, 0.2) is 0 Å². The van der Waals surface area contributed by atoms with Gasteiger partial charge in [-0.05, 0) is 55.3 Å². The van der Waals surface area contributed by atoms with Crippen LogP contribution in [-0.4, -0.2) is 37.5 Å². The van der Waals surface area contributed by atoms with Crippen LogP contribution < -0.4 is 16.0 Å². The van der Waals surface area contributed by atoms with Crippen molar-refractivity contribution in [1.82, 2.24) is 5.32 Å². The van der Waals surface area contributed by atoms with Crippen LogP contribution in [0.2, 0.25) is 0 Å². The maximum Gasteiger partial charge on any atom is 0.338 e. The van der Waals surface area contributed by atoms with Crippen molar-refractivity contribution in [3.8, 4) is 0 Å². The van der Waals surface area contributed by atoms with Crippen LogP contribution in [0.25, 0.3) is 0 Å². The first-order chi connectivity index (χ1) is 14.5. The molecule has 0 aliphatic heterocycles. The molecular weight excluding hydrogens is 382 g/mol. The molecule has 7 nitrogen and oxygen atoms in total. The van der Waals surface area contributed by atoms with Gasteiger partial charge < -0.3 is 20.7 Å². The van der Waals surface area contributed by atoms with Gasteiger partial charge in [-0.1, -0.05) is 26.3 Å². The fourth-order valence-electron chi connectivity index (χ4n) is 2.61. The minimum Gasteiger partial charge on any atom is -0.462 e. The van der Waals surface area contributed by atoms with Gasteiger partial charge in [-0.15, -0.1) is 0 Å². The molecule has 3 N–H and O–H groups in total. The third-order valence-corrected chi connectivity index (χ3v) is 4.24. The highest BCUT2D eigenvalue weighted by Crippen LogP contribution is 2.12. The van der Waals surface area contributed by atoms with E-state index in [9.17, 15) is 14.4 Å². The lowest BCUT2D eigenvalue weighted by atomic mass is 10.2. The zero-order valence-electron chi connectivity index (χ0n) is 17.5. The maximum atomic E-state index is 12.2. The highest BCUT2D eigenvalue weighted by atomic mass is 16.5. The average Bonchev–Trinajstić information content (AvgIpc) is 2.76. The molecule has 0 atom stereocenters. The van der Waals surface area contributed by atoms with Gasteiger partial charge in [-0.3, -0.25) is 9.59 Å². The van der Waals surface area contributed by atoms with E-state index in [1.54, 1.807) is 48.5 Å². The van der Waals surface area contributed by atoms with E-state index in [0.29, 0.717) is 35.7 Å². The molecule has 0 fully saturated rings. The van der Waals surface area contributed by atoms with E-state index in [2.05, 4.69) is 22.9 Å². The fraction of sp³-hybridized carbons (Fsp3) is 0.348. The molecule has 0 aliphatic rings. The number of esters is 1. The van der Waals surface area contributed by atoms with E-state index < -0.39 is 0 Å². The molecule has 0 aromatic heterocycles. The summed E-state index contributed by atoms with van der Waals surface area (Å²) in [6, 6.07) is 13.6. The number of ether oxygens (including phenoxy) is 1. The number of unbranched alkanes of at least 4 members (excludes halogenated alkanes) is 1. The molecule has 0 aliphatic carbocycles.